The number of hydrogen-bond donors (Lipinski definition) is 0. The highest BCUT2D eigenvalue weighted by Crippen LogP contribution is 2.36. The monoisotopic (exact) mass is 1050 g/mol. The second-order valence-electron chi connectivity index (χ2n) is 15.6. The number of carbonyl (C=O) groups excluding carboxylic acids is 4. The van der Waals surface area contributed by atoms with Crippen LogP contribution in [0.1, 0.15) is 79.4 Å². The summed E-state index contributed by atoms with van der Waals surface area (Å²) >= 11 is 14.0. The zero-order chi connectivity index (χ0) is 41.7. The Labute approximate surface area is 369 Å². The van der Waals surface area contributed by atoms with E-state index < -0.39 is 19.5 Å². The van der Waals surface area contributed by atoms with Crippen LogP contribution in [0.25, 0.3) is 0 Å². The lowest BCUT2D eigenvalue weighted by atomic mass is 9.80. The smallest absolute Gasteiger partial charge is 0.322 e. The predicted octanol–water partition coefficient (Wildman–Crippen LogP) is 10.2. The number of benzene rings is 2. The van der Waals surface area contributed by atoms with Gasteiger partial charge in [-0.2, -0.15) is 0 Å². The van der Waals surface area contributed by atoms with E-state index in [1.54, 1.807) is 27.7 Å². The summed E-state index contributed by atoms with van der Waals surface area (Å²) in [4.78, 5) is 49.5. The molecule has 2 rings (SSSR count). The molecule has 2 atom stereocenters. The summed E-state index contributed by atoms with van der Waals surface area (Å²) in [6, 6.07) is 20.6. The molecule has 0 aliphatic carbocycles. The van der Waals surface area contributed by atoms with E-state index in [1.165, 1.54) is 11.1 Å². The van der Waals surface area contributed by atoms with Crippen LogP contribution in [0.3, 0.4) is 0 Å². The number of rotatable bonds is 17. The average molecular weight is 1050 g/mol. The zero-order valence-electron chi connectivity index (χ0n) is 34.2. The third kappa shape index (κ3) is 25.4. The van der Waals surface area contributed by atoms with Gasteiger partial charge < -0.3 is 38.7 Å². The van der Waals surface area contributed by atoms with Gasteiger partial charge in [-0.15, -0.1) is 17.0 Å². The normalized spacial score (nSPS) is 13.3. The molecule has 0 aromatic heterocycles. The summed E-state index contributed by atoms with van der Waals surface area (Å²) < 4.78 is 9.74. The summed E-state index contributed by atoms with van der Waals surface area (Å²) in [7, 11) is 11.2. The Hall–Kier alpha value is -0.920. The van der Waals surface area contributed by atoms with Gasteiger partial charge in [0.05, 0.1) is 14.1 Å². The topological polar surface area (TPSA) is 90.0 Å². The Balaban J connectivity index is -0.000000779. The first-order valence-electron chi connectivity index (χ1n) is 17.3. The van der Waals surface area contributed by atoms with Gasteiger partial charge in [-0.25, -0.2) is 0 Å². The SMILES string of the molecule is Br.BrCc1ccccc1.CC(=O)C(C)(C)CC(C)(Br)C(=O)OCCN(C)C.CC(=O)C(C)(C)CC(C)(Br)C(=O)OCC[N+](C)(C)Cc1ccccc1.[P-]=S. The van der Waals surface area contributed by atoms with Gasteiger partial charge in [0, 0.05) is 28.3 Å². The van der Waals surface area contributed by atoms with E-state index >= 15 is 0 Å². The Kier molecular flexibility index (Phi) is 29.4. The molecule has 2 aromatic carbocycles. The minimum atomic E-state index is -0.862. The van der Waals surface area contributed by atoms with Crippen LogP contribution in [0.2, 0.25) is 0 Å². The maximum atomic E-state index is 12.4. The van der Waals surface area contributed by atoms with Crippen molar-refractivity contribution in [1.82, 2.24) is 4.90 Å². The highest BCUT2D eigenvalue weighted by atomic mass is 79.9. The van der Waals surface area contributed by atoms with Crippen LogP contribution in [-0.2, 0) is 52.3 Å². The Morgan fingerprint density at radius 2 is 1.06 bits per heavy atom. The maximum Gasteiger partial charge on any atom is 0.322 e. The van der Waals surface area contributed by atoms with E-state index in [-0.39, 0.29) is 40.5 Å². The van der Waals surface area contributed by atoms with Gasteiger partial charge in [-0.1, -0.05) is 136 Å². The molecule has 0 aliphatic rings. The molecule has 0 bridgehead atoms. The van der Waals surface area contributed by atoms with Gasteiger partial charge in [0.15, 0.2) is 0 Å². The Morgan fingerprint density at radius 1 is 0.704 bits per heavy atom. The summed E-state index contributed by atoms with van der Waals surface area (Å²) in [5.74, 6) is -0.513. The molecule has 0 radical (unpaired) electrons. The third-order valence-corrected chi connectivity index (χ3v) is 10.3. The van der Waals surface area contributed by atoms with Gasteiger partial charge in [0.1, 0.15) is 46.5 Å². The van der Waals surface area contributed by atoms with Crippen molar-refractivity contribution in [3.05, 3.63) is 71.8 Å². The molecular formula is C40H63Br4N2O6PS. The van der Waals surface area contributed by atoms with Crippen LogP contribution >= 0.6 is 72.8 Å². The minimum Gasteiger partial charge on any atom is -0.645 e. The third-order valence-electron chi connectivity index (χ3n) is 8.46. The van der Waals surface area contributed by atoms with Crippen LogP contribution in [-0.4, -0.2) is 96.0 Å². The largest absolute Gasteiger partial charge is 0.645 e. The van der Waals surface area contributed by atoms with E-state index in [9.17, 15) is 19.2 Å². The number of ether oxygens (including phenoxy) is 2. The van der Waals surface area contributed by atoms with Crippen LogP contribution < -0.4 is 0 Å². The maximum absolute atomic E-state index is 12.4. The van der Waals surface area contributed by atoms with E-state index in [0.29, 0.717) is 32.6 Å². The molecule has 0 amide bonds. The molecule has 2 unspecified atom stereocenters. The lowest BCUT2D eigenvalue weighted by molar-refractivity contribution is -0.903. The lowest BCUT2D eigenvalue weighted by Crippen LogP contribution is -2.43. The van der Waals surface area contributed by atoms with Gasteiger partial charge in [0.25, 0.3) is 0 Å². The minimum absolute atomic E-state index is 0. The summed E-state index contributed by atoms with van der Waals surface area (Å²) in [5, 5.41) is 0.952. The van der Waals surface area contributed by atoms with Crippen molar-refractivity contribution in [2.75, 3.05) is 54.5 Å². The van der Waals surface area contributed by atoms with Gasteiger partial charge in [0.2, 0.25) is 0 Å². The number of quaternary nitrogens is 1. The van der Waals surface area contributed by atoms with Gasteiger partial charge in [-0.3, -0.25) is 19.2 Å². The van der Waals surface area contributed by atoms with E-state index in [2.05, 4.69) is 106 Å². The van der Waals surface area contributed by atoms with Crippen LogP contribution in [0, 0.1) is 10.8 Å². The molecular weight excluding hydrogens is 987 g/mol. The Bertz CT molecular complexity index is 1400. The number of nitrogens with zero attached hydrogens (tertiary/aromatic N) is 2. The van der Waals surface area contributed by atoms with Crippen LogP contribution in [0.4, 0.5) is 0 Å². The average Bonchev–Trinajstić information content (AvgIpc) is 3.05. The number of alkyl halides is 3. The molecule has 0 spiro atoms. The molecule has 2 aromatic rings. The van der Waals surface area contributed by atoms with E-state index in [0.717, 1.165) is 22.9 Å². The van der Waals surface area contributed by atoms with E-state index in [1.807, 2.05) is 83.1 Å². The lowest BCUT2D eigenvalue weighted by Gasteiger charge is -2.32. The van der Waals surface area contributed by atoms with Gasteiger partial charge in [-0.05, 0) is 60.2 Å². The Morgan fingerprint density at radius 3 is 1.37 bits per heavy atom. The summed E-state index contributed by atoms with van der Waals surface area (Å²) in [6.07, 6.45) is 0.812. The molecule has 308 valence electrons. The van der Waals surface area contributed by atoms with Crippen molar-refractivity contribution in [1.29, 1.82) is 0 Å². The fourth-order valence-electron chi connectivity index (χ4n) is 4.78. The van der Waals surface area contributed by atoms with Crippen LogP contribution in [0.5, 0.6) is 0 Å². The van der Waals surface area contributed by atoms with Crippen molar-refractivity contribution in [3.8, 4) is 0 Å². The number of halogens is 4. The van der Waals surface area contributed by atoms with Crippen molar-refractivity contribution in [2.45, 2.75) is 88.8 Å². The first kappa shape index (κ1) is 57.4. The summed E-state index contributed by atoms with van der Waals surface area (Å²) in [6.45, 7) is 17.0. The predicted molar refractivity (Wildman–Crippen MR) is 244 cm³/mol. The molecule has 0 N–H and O–H groups in total. The number of Topliss-reactive ketones (excluding diaryl/α,β-unsaturated/α-hetero) is 2. The second kappa shape index (κ2) is 27.7. The van der Waals surface area contributed by atoms with Crippen LogP contribution in [0.15, 0.2) is 60.7 Å². The molecule has 14 heteroatoms. The number of esters is 2. The molecule has 54 heavy (non-hydrogen) atoms. The van der Waals surface area contributed by atoms with Crippen molar-refractivity contribution in [2.24, 2.45) is 10.8 Å². The quantitative estimate of drug-likeness (QED) is 0.0670. The molecule has 0 saturated carbocycles. The molecule has 0 fully saturated rings. The fraction of sp³-hybridized carbons (Fsp3) is 0.600. The van der Waals surface area contributed by atoms with Crippen molar-refractivity contribution in [3.63, 3.8) is 0 Å². The fourth-order valence-corrected chi connectivity index (χ4v) is 6.79. The standard InChI is InChI=1S/C20H31BrNO3.C13H24BrNO3.C7H7Br.BrH.PS/c1-16(23)19(2,3)15-20(4,21)18(24)25-13-12-22(5,6)14-17-10-8-7-9-11-17;1-10(16)12(2,3)9-13(4,14)11(17)18-8-7-15(5)6;8-6-7-4-2-1-3-5-7;;1-2/h7-11H,12-15H2,1-6H3;7-9H2,1-6H3;1-5H,6H2;1H;/q+1;;;;-1. The van der Waals surface area contributed by atoms with Gasteiger partial charge >= 0.3 is 11.9 Å². The zero-order valence-corrected chi connectivity index (χ0v) is 42.4. The highest BCUT2D eigenvalue weighted by Gasteiger charge is 2.41. The van der Waals surface area contributed by atoms with Crippen molar-refractivity contribution < 1.29 is 33.1 Å². The number of carbonyl (C=O) groups is 4. The summed E-state index contributed by atoms with van der Waals surface area (Å²) in [5.41, 5.74) is 1.47. The number of likely N-dealkylation sites (N-methyl/N-ethyl adjacent to an activating group) is 2. The second-order valence-corrected chi connectivity index (χ2v) is 19.7. The van der Waals surface area contributed by atoms with E-state index in [4.69, 9.17) is 9.47 Å². The highest BCUT2D eigenvalue weighted by molar-refractivity contribution is 9.10. The molecule has 0 aliphatic heterocycles. The first-order chi connectivity index (χ1) is 24.3. The number of hydrogen-bond acceptors (Lipinski definition) is 8. The first-order valence-corrected chi connectivity index (χ1v) is 21.5. The number of ketones is 2. The van der Waals surface area contributed by atoms with Crippen molar-refractivity contribution >= 4 is 108 Å². The molecule has 0 heterocycles. The molecule has 0 saturated heterocycles. The molecule has 8 nitrogen and oxygen atoms in total.